The van der Waals surface area contributed by atoms with Gasteiger partial charge in [0.15, 0.2) is 0 Å². The maximum absolute atomic E-state index is 12.8. The lowest BCUT2D eigenvalue weighted by Gasteiger charge is -2.36. The van der Waals surface area contributed by atoms with E-state index in [-0.39, 0.29) is 23.7 Å². The lowest BCUT2D eigenvalue weighted by atomic mass is 10.0. The fourth-order valence-electron chi connectivity index (χ4n) is 2.97. The molecule has 1 aromatic carbocycles. The molecule has 10 heteroatoms. The number of nitrogens with zero attached hydrogens (tertiary/aromatic N) is 3. The number of nitrogens with one attached hydrogen (secondary N) is 1. The van der Waals surface area contributed by atoms with Crippen LogP contribution < -0.4 is 10.2 Å². The minimum absolute atomic E-state index is 0.0965. The Balaban J connectivity index is 2.03. The van der Waals surface area contributed by atoms with E-state index in [0.29, 0.717) is 32.2 Å². The van der Waals surface area contributed by atoms with Crippen LogP contribution in [0.4, 0.5) is 24.5 Å². The highest BCUT2D eigenvalue weighted by molar-refractivity contribution is 5.78. The maximum atomic E-state index is 12.8. The summed E-state index contributed by atoms with van der Waals surface area (Å²) in [6.07, 6.45) is -3.84. The fraction of sp³-hybridized carbons (Fsp3) is 0.611. The minimum atomic E-state index is -4.64. The van der Waals surface area contributed by atoms with E-state index in [1.165, 1.54) is 0 Å². The zero-order valence-corrected chi connectivity index (χ0v) is 16.2. The average Bonchev–Trinajstić information content (AvgIpc) is 2.60. The molecule has 1 amide bonds. The van der Waals surface area contributed by atoms with Gasteiger partial charge in [-0.25, -0.2) is 0 Å². The SMILES string of the molecule is CCC(C)(C)NC(=O)CN1CCN(c2ccc(C(F)(F)F)cc2[N+](=O)[O-])CC1. The molecule has 0 bridgehead atoms. The number of carbonyl (C=O) groups is 1. The Labute approximate surface area is 161 Å². The van der Waals surface area contributed by atoms with Crippen LogP contribution in [0.25, 0.3) is 0 Å². The van der Waals surface area contributed by atoms with Gasteiger partial charge in [0, 0.05) is 37.8 Å². The number of benzene rings is 1. The van der Waals surface area contributed by atoms with E-state index in [1.807, 2.05) is 25.7 Å². The van der Waals surface area contributed by atoms with E-state index >= 15 is 0 Å². The van der Waals surface area contributed by atoms with Crippen molar-refractivity contribution >= 4 is 17.3 Å². The summed E-state index contributed by atoms with van der Waals surface area (Å²) in [7, 11) is 0. The van der Waals surface area contributed by atoms with E-state index in [0.717, 1.165) is 18.6 Å². The maximum Gasteiger partial charge on any atom is 0.416 e. The largest absolute Gasteiger partial charge is 0.416 e. The lowest BCUT2D eigenvalue weighted by Crippen LogP contribution is -2.52. The molecular formula is C18H25F3N4O3. The van der Waals surface area contributed by atoms with Crippen molar-refractivity contribution in [3.63, 3.8) is 0 Å². The standard InChI is InChI=1S/C18H25F3N4O3/c1-4-17(2,3)22-16(26)12-23-7-9-24(10-8-23)14-6-5-13(18(19,20)21)11-15(14)25(27)28/h5-6,11H,4,7-10,12H2,1-3H3,(H,22,26). The lowest BCUT2D eigenvalue weighted by molar-refractivity contribution is -0.384. The number of nitro groups is 1. The number of carbonyl (C=O) groups excluding carboxylic acids is 1. The third kappa shape index (κ3) is 5.57. The predicted octanol–water partition coefficient (Wildman–Crippen LogP) is 3.04. The molecule has 0 radical (unpaired) electrons. The van der Waals surface area contributed by atoms with Crippen LogP contribution in [-0.2, 0) is 11.0 Å². The van der Waals surface area contributed by atoms with Crippen molar-refractivity contribution < 1.29 is 22.9 Å². The second-order valence-electron chi connectivity index (χ2n) is 7.51. The Hall–Kier alpha value is -2.36. The zero-order chi connectivity index (χ0) is 21.1. The molecule has 1 heterocycles. The second kappa shape index (κ2) is 8.34. The molecule has 1 saturated heterocycles. The molecule has 1 fully saturated rings. The average molecular weight is 402 g/mol. The van der Waals surface area contributed by atoms with Gasteiger partial charge in [0.2, 0.25) is 5.91 Å². The molecule has 0 spiro atoms. The first-order valence-corrected chi connectivity index (χ1v) is 9.07. The zero-order valence-electron chi connectivity index (χ0n) is 16.2. The smallest absolute Gasteiger partial charge is 0.363 e. The van der Waals surface area contributed by atoms with Crippen LogP contribution >= 0.6 is 0 Å². The van der Waals surface area contributed by atoms with Gasteiger partial charge in [-0.1, -0.05) is 6.92 Å². The quantitative estimate of drug-likeness (QED) is 0.585. The van der Waals surface area contributed by atoms with Crippen LogP contribution in [0.5, 0.6) is 0 Å². The molecule has 1 aromatic rings. The molecule has 0 unspecified atom stereocenters. The number of hydrogen-bond donors (Lipinski definition) is 1. The van der Waals surface area contributed by atoms with Crippen molar-refractivity contribution in [3.05, 3.63) is 33.9 Å². The van der Waals surface area contributed by atoms with Crippen molar-refractivity contribution in [2.75, 3.05) is 37.6 Å². The van der Waals surface area contributed by atoms with Crippen LogP contribution in [0.15, 0.2) is 18.2 Å². The van der Waals surface area contributed by atoms with Crippen LogP contribution in [0.3, 0.4) is 0 Å². The molecule has 156 valence electrons. The van der Waals surface area contributed by atoms with Crippen molar-refractivity contribution in [1.82, 2.24) is 10.2 Å². The van der Waals surface area contributed by atoms with Gasteiger partial charge >= 0.3 is 6.18 Å². The van der Waals surface area contributed by atoms with E-state index in [2.05, 4.69) is 5.32 Å². The number of nitro benzene ring substituents is 1. The summed E-state index contributed by atoms with van der Waals surface area (Å²) in [6, 6.07) is 2.57. The fourth-order valence-corrected chi connectivity index (χ4v) is 2.97. The Bertz CT molecular complexity index is 729. The topological polar surface area (TPSA) is 78.7 Å². The first-order chi connectivity index (χ1) is 12.9. The number of halogens is 3. The molecule has 2 rings (SSSR count). The van der Waals surface area contributed by atoms with Gasteiger partial charge in [-0.2, -0.15) is 13.2 Å². The number of hydrogen-bond acceptors (Lipinski definition) is 5. The summed E-state index contributed by atoms with van der Waals surface area (Å²) in [5, 5.41) is 14.2. The summed E-state index contributed by atoms with van der Waals surface area (Å²) >= 11 is 0. The second-order valence-corrected chi connectivity index (χ2v) is 7.51. The first kappa shape index (κ1) is 21.9. The van der Waals surface area contributed by atoms with Crippen molar-refractivity contribution in [2.45, 2.75) is 38.9 Å². The summed E-state index contributed by atoms with van der Waals surface area (Å²) in [5.41, 5.74) is -1.74. The van der Waals surface area contributed by atoms with Crippen LogP contribution in [-0.4, -0.2) is 54.0 Å². The minimum Gasteiger partial charge on any atom is -0.363 e. The van der Waals surface area contributed by atoms with Crippen molar-refractivity contribution in [3.8, 4) is 0 Å². The molecule has 1 aliphatic heterocycles. The highest BCUT2D eigenvalue weighted by Crippen LogP contribution is 2.36. The summed E-state index contributed by atoms with van der Waals surface area (Å²) in [4.78, 5) is 26.2. The van der Waals surface area contributed by atoms with E-state index in [1.54, 1.807) is 4.90 Å². The first-order valence-electron chi connectivity index (χ1n) is 9.07. The molecule has 1 N–H and O–H groups in total. The molecule has 1 aliphatic rings. The highest BCUT2D eigenvalue weighted by Gasteiger charge is 2.34. The normalized spacial score (nSPS) is 16.1. The third-order valence-corrected chi connectivity index (χ3v) is 4.94. The Morgan fingerprint density at radius 1 is 1.21 bits per heavy atom. The Morgan fingerprint density at radius 2 is 1.82 bits per heavy atom. The van der Waals surface area contributed by atoms with Gasteiger partial charge in [-0.3, -0.25) is 19.8 Å². The molecule has 0 saturated carbocycles. The Kier molecular flexibility index (Phi) is 6.53. The van der Waals surface area contributed by atoms with Crippen molar-refractivity contribution in [2.24, 2.45) is 0 Å². The monoisotopic (exact) mass is 402 g/mol. The van der Waals surface area contributed by atoms with Crippen LogP contribution in [0.2, 0.25) is 0 Å². The Morgan fingerprint density at radius 3 is 2.32 bits per heavy atom. The highest BCUT2D eigenvalue weighted by atomic mass is 19.4. The molecule has 0 aliphatic carbocycles. The van der Waals surface area contributed by atoms with Crippen LogP contribution in [0.1, 0.15) is 32.8 Å². The predicted molar refractivity (Wildman–Crippen MR) is 99.3 cm³/mol. The van der Waals surface area contributed by atoms with Crippen molar-refractivity contribution in [1.29, 1.82) is 0 Å². The van der Waals surface area contributed by atoms with Gasteiger partial charge < -0.3 is 10.2 Å². The van der Waals surface area contributed by atoms with Gasteiger partial charge in [0.1, 0.15) is 5.69 Å². The number of rotatable bonds is 6. The van der Waals surface area contributed by atoms with Crippen LogP contribution in [0, 0.1) is 10.1 Å². The summed E-state index contributed by atoms with van der Waals surface area (Å²) in [6.45, 7) is 7.81. The van der Waals surface area contributed by atoms with Gasteiger partial charge in [0.25, 0.3) is 5.69 Å². The van der Waals surface area contributed by atoms with E-state index in [4.69, 9.17) is 0 Å². The van der Waals surface area contributed by atoms with Gasteiger partial charge in [-0.15, -0.1) is 0 Å². The number of anilines is 1. The molecule has 0 atom stereocenters. The molecule has 7 nitrogen and oxygen atoms in total. The molecule has 28 heavy (non-hydrogen) atoms. The van der Waals surface area contributed by atoms with Gasteiger partial charge in [0.05, 0.1) is 17.0 Å². The molecule has 0 aromatic heterocycles. The van der Waals surface area contributed by atoms with Gasteiger partial charge in [-0.05, 0) is 32.4 Å². The number of alkyl halides is 3. The van der Waals surface area contributed by atoms with E-state index in [9.17, 15) is 28.1 Å². The molecular weight excluding hydrogens is 377 g/mol. The number of amides is 1. The number of piperazine rings is 1. The van der Waals surface area contributed by atoms with E-state index < -0.39 is 22.4 Å². The summed E-state index contributed by atoms with van der Waals surface area (Å²) in [5.74, 6) is -0.0965. The summed E-state index contributed by atoms with van der Waals surface area (Å²) < 4.78 is 38.5. The third-order valence-electron chi connectivity index (χ3n) is 4.94.